The fraction of sp³-hybridized carbons (Fsp3) is 0.476. The van der Waals surface area contributed by atoms with Gasteiger partial charge in [0.15, 0.2) is 0 Å². The molecule has 1 unspecified atom stereocenters. The number of hydrogen-bond donors (Lipinski definition) is 1. The molecule has 1 saturated carbocycles. The van der Waals surface area contributed by atoms with Gasteiger partial charge in [0.25, 0.3) is 11.8 Å². The van der Waals surface area contributed by atoms with E-state index in [2.05, 4.69) is 5.32 Å². The van der Waals surface area contributed by atoms with Gasteiger partial charge in [0, 0.05) is 30.1 Å². The summed E-state index contributed by atoms with van der Waals surface area (Å²) in [5.74, 6) is -7.30. The minimum Gasteiger partial charge on any atom is -0.463 e. The summed E-state index contributed by atoms with van der Waals surface area (Å²) in [6.45, 7) is 2.75. The predicted octanol–water partition coefficient (Wildman–Crippen LogP) is 4.18. The van der Waals surface area contributed by atoms with Gasteiger partial charge < -0.3 is 15.0 Å². The Morgan fingerprint density at radius 2 is 1.91 bits per heavy atom. The molecule has 1 aromatic rings. The standard InChI is InChI=1S/C21H20ClF5N2O4/c1-3-33-19(32)12-6-10(2)29(9-16(12)28-17(30)14-8-20(14,23)24)18(31)11-4-5-15(22)13(7-11)21(25,26)27/h4-5,7,10,14H,3,6,8-9H2,1-2H3,(H,28,30)/t10-,14?/m1/s1. The van der Waals surface area contributed by atoms with Gasteiger partial charge in [-0.15, -0.1) is 0 Å². The lowest BCUT2D eigenvalue weighted by atomic mass is 9.97. The van der Waals surface area contributed by atoms with E-state index in [0.717, 1.165) is 17.0 Å². The van der Waals surface area contributed by atoms with Crippen LogP contribution in [0.4, 0.5) is 22.0 Å². The second kappa shape index (κ2) is 8.92. The summed E-state index contributed by atoms with van der Waals surface area (Å²) in [5, 5.41) is 1.72. The average molecular weight is 495 g/mol. The van der Waals surface area contributed by atoms with Crippen molar-refractivity contribution >= 4 is 29.4 Å². The maximum absolute atomic E-state index is 13.3. The van der Waals surface area contributed by atoms with Gasteiger partial charge in [0.05, 0.1) is 29.3 Å². The van der Waals surface area contributed by atoms with E-state index in [-0.39, 0.29) is 36.4 Å². The van der Waals surface area contributed by atoms with Crippen LogP contribution < -0.4 is 5.32 Å². The number of nitrogens with one attached hydrogen (secondary N) is 1. The molecule has 2 amide bonds. The van der Waals surface area contributed by atoms with Gasteiger partial charge in [-0.05, 0) is 32.0 Å². The number of halogens is 6. The zero-order valence-corrected chi connectivity index (χ0v) is 18.3. The minimum atomic E-state index is -4.79. The van der Waals surface area contributed by atoms with Crippen molar-refractivity contribution in [3.05, 3.63) is 45.6 Å². The fourth-order valence-electron chi connectivity index (χ4n) is 3.54. The lowest BCUT2D eigenvalue weighted by molar-refractivity contribution is -0.139. The Balaban J connectivity index is 1.91. The number of amides is 2. The summed E-state index contributed by atoms with van der Waals surface area (Å²) in [4.78, 5) is 38.8. The van der Waals surface area contributed by atoms with Crippen molar-refractivity contribution in [2.24, 2.45) is 5.92 Å². The molecule has 6 nitrogen and oxygen atoms in total. The Labute approximate surface area is 190 Å². The first-order chi connectivity index (χ1) is 15.3. The Hall–Kier alpha value is -2.69. The van der Waals surface area contributed by atoms with Gasteiger partial charge in [-0.1, -0.05) is 11.6 Å². The van der Waals surface area contributed by atoms with Crippen LogP contribution in [0.2, 0.25) is 5.02 Å². The molecule has 2 atom stereocenters. The molecule has 3 rings (SSSR count). The molecule has 1 aromatic carbocycles. The van der Waals surface area contributed by atoms with Crippen molar-refractivity contribution in [3.8, 4) is 0 Å². The molecule has 33 heavy (non-hydrogen) atoms. The molecular weight excluding hydrogens is 475 g/mol. The predicted molar refractivity (Wildman–Crippen MR) is 106 cm³/mol. The molecule has 0 aromatic heterocycles. The number of benzene rings is 1. The first-order valence-electron chi connectivity index (χ1n) is 10.0. The molecule has 180 valence electrons. The Kier molecular flexibility index (Phi) is 6.74. The number of carbonyl (C=O) groups excluding carboxylic acids is 3. The second-order valence-electron chi connectivity index (χ2n) is 7.86. The Morgan fingerprint density at radius 3 is 2.45 bits per heavy atom. The third-order valence-corrected chi connectivity index (χ3v) is 5.77. The van der Waals surface area contributed by atoms with Crippen LogP contribution in [0.15, 0.2) is 29.5 Å². The van der Waals surface area contributed by atoms with Crippen molar-refractivity contribution in [3.63, 3.8) is 0 Å². The Morgan fingerprint density at radius 1 is 1.27 bits per heavy atom. The number of ether oxygens (including phenoxy) is 1. The normalized spacial score (nSPS) is 22.1. The van der Waals surface area contributed by atoms with Crippen LogP contribution in [0.25, 0.3) is 0 Å². The first kappa shape index (κ1) is 24.9. The van der Waals surface area contributed by atoms with Crippen molar-refractivity contribution in [2.75, 3.05) is 13.2 Å². The zero-order valence-electron chi connectivity index (χ0n) is 17.6. The number of nitrogens with zero attached hydrogens (tertiary/aromatic N) is 1. The second-order valence-corrected chi connectivity index (χ2v) is 8.27. The maximum Gasteiger partial charge on any atom is 0.417 e. The van der Waals surface area contributed by atoms with Crippen LogP contribution in [0, 0.1) is 5.92 Å². The van der Waals surface area contributed by atoms with E-state index in [4.69, 9.17) is 16.3 Å². The quantitative estimate of drug-likeness (QED) is 0.492. The molecule has 0 radical (unpaired) electrons. The van der Waals surface area contributed by atoms with Crippen LogP contribution in [-0.4, -0.2) is 47.8 Å². The summed E-state index contributed by atoms with van der Waals surface area (Å²) in [6, 6.07) is 2.03. The van der Waals surface area contributed by atoms with Gasteiger partial charge in [0.2, 0.25) is 5.91 Å². The first-order valence-corrected chi connectivity index (χ1v) is 10.4. The molecule has 1 aliphatic heterocycles. The number of alkyl halides is 5. The fourth-order valence-corrected chi connectivity index (χ4v) is 3.76. The highest BCUT2D eigenvalue weighted by Crippen LogP contribution is 2.48. The van der Waals surface area contributed by atoms with Gasteiger partial charge >= 0.3 is 12.1 Å². The molecule has 1 N–H and O–H groups in total. The van der Waals surface area contributed by atoms with Crippen LogP contribution in [0.1, 0.15) is 42.6 Å². The highest BCUT2D eigenvalue weighted by Gasteiger charge is 2.61. The van der Waals surface area contributed by atoms with Gasteiger partial charge in [0.1, 0.15) is 5.92 Å². The highest BCUT2D eigenvalue weighted by atomic mass is 35.5. The summed E-state index contributed by atoms with van der Waals surface area (Å²) in [5.41, 5.74) is -1.58. The van der Waals surface area contributed by atoms with E-state index in [1.165, 1.54) is 0 Å². The van der Waals surface area contributed by atoms with E-state index < -0.39 is 58.8 Å². The van der Waals surface area contributed by atoms with E-state index >= 15 is 0 Å². The molecule has 0 saturated heterocycles. The molecule has 1 aliphatic carbocycles. The SMILES string of the molecule is CCOC(=O)C1=C(NC(=O)C2CC2(F)F)CN(C(=O)c2ccc(Cl)c(C(F)(F)F)c2)[C@H](C)C1. The molecule has 2 aliphatic rings. The number of hydrogen-bond acceptors (Lipinski definition) is 4. The van der Waals surface area contributed by atoms with E-state index in [9.17, 15) is 36.3 Å². The van der Waals surface area contributed by atoms with Crippen molar-refractivity contribution < 1.29 is 41.1 Å². The number of carbonyl (C=O) groups is 3. The molecular formula is C21H20ClF5N2O4. The summed E-state index contributed by atoms with van der Waals surface area (Å²) >= 11 is 5.61. The van der Waals surface area contributed by atoms with Crippen LogP contribution in [0.5, 0.6) is 0 Å². The van der Waals surface area contributed by atoms with Crippen LogP contribution >= 0.6 is 11.6 Å². The zero-order chi connectivity index (χ0) is 24.7. The van der Waals surface area contributed by atoms with Gasteiger partial charge in [-0.3, -0.25) is 9.59 Å². The van der Waals surface area contributed by atoms with Crippen molar-refractivity contribution in [1.82, 2.24) is 10.2 Å². The van der Waals surface area contributed by atoms with Gasteiger partial charge in [-0.2, -0.15) is 13.2 Å². The highest BCUT2D eigenvalue weighted by molar-refractivity contribution is 6.31. The molecule has 1 heterocycles. The Bertz CT molecular complexity index is 1020. The summed E-state index contributed by atoms with van der Waals surface area (Å²) < 4.78 is 71.1. The van der Waals surface area contributed by atoms with Crippen LogP contribution in [-0.2, 0) is 20.5 Å². The summed E-state index contributed by atoms with van der Waals surface area (Å²) in [6.07, 6.45) is -5.52. The summed E-state index contributed by atoms with van der Waals surface area (Å²) in [7, 11) is 0. The third kappa shape index (κ3) is 5.29. The lowest BCUT2D eigenvalue weighted by Gasteiger charge is -2.36. The minimum absolute atomic E-state index is 0.0119. The van der Waals surface area contributed by atoms with Crippen molar-refractivity contribution in [2.45, 2.75) is 44.8 Å². The molecule has 12 heteroatoms. The lowest BCUT2D eigenvalue weighted by Crippen LogP contribution is -2.48. The molecule has 1 fully saturated rings. The third-order valence-electron chi connectivity index (χ3n) is 5.44. The van der Waals surface area contributed by atoms with E-state index in [0.29, 0.717) is 6.07 Å². The monoisotopic (exact) mass is 494 g/mol. The average Bonchev–Trinajstić information content (AvgIpc) is 3.36. The smallest absolute Gasteiger partial charge is 0.417 e. The number of esters is 1. The topological polar surface area (TPSA) is 75.7 Å². The largest absolute Gasteiger partial charge is 0.463 e. The van der Waals surface area contributed by atoms with E-state index in [1.807, 2.05) is 0 Å². The van der Waals surface area contributed by atoms with E-state index in [1.54, 1.807) is 13.8 Å². The van der Waals surface area contributed by atoms with Crippen LogP contribution in [0.3, 0.4) is 0 Å². The maximum atomic E-state index is 13.3. The number of rotatable bonds is 5. The van der Waals surface area contributed by atoms with Crippen molar-refractivity contribution in [1.29, 1.82) is 0 Å². The molecule has 0 bridgehead atoms. The molecule has 0 spiro atoms. The van der Waals surface area contributed by atoms with Gasteiger partial charge in [-0.25, -0.2) is 13.6 Å².